The molecular formula is C14H10N4O2. The van der Waals surface area contributed by atoms with Crippen LogP contribution in [0, 0.1) is 0 Å². The lowest BCUT2D eigenvalue weighted by atomic mass is 10.2. The van der Waals surface area contributed by atoms with Gasteiger partial charge in [0.1, 0.15) is 17.0 Å². The Kier molecular flexibility index (Phi) is 2.03. The van der Waals surface area contributed by atoms with Gasteiger partial charge < -0.3 is 15.3 Å². The van der Waals surface area contributed by atoms with Crippen LogP contribution in [0.4, 0.5) is 5.95 Å². The fraction of sp³-hybridized carbons (Fsp3) is 0. The second-order valence-corrected chi connectivity index (χ2v) is 4.45. The van der Waals surface area contributed by atoms with Crippen LogP contribution in [0.5, 0.6) is 5.75 Å². The van der Waals surface area contributed by atoms with E-state index in [1.54, 1.807) is 29.0 Å². The molecule has 0 aliphatic rings. The average Bonchev–Trinajstić information content (AvgIpc) is 3.08. The van der Waals surface area contributed by atoms with E-state index in [2.05, 4.69) is 10.1 Å². The number of nitrogen functional groups attached to an aromatic ring is 1. The van der Waals surface area contributed by atoms with Crippen molar-refractivity contribution in [1.82, 2.24) is 14.6 Å². The number of hydrogen-bond acceptors (Lipinski definition) is 5. The number of anilines is 1. The molecule has 0 atom stereocenters. The van der Waals surface area contributed by atoms with E-state index in [4.69, 9.17) is 10.2 Å². The first-order chi connectivity index (χ1) is 9.74. The van der Waals surface area contributed by atoms with Gasteiger partial charge in [0.15, 0.2) is 5.76 Å². The van der Waals surface area contributed by atoms with E-state index in [1.165, 1.54) is 0 Å². The molecule has 4 rings (SSSR count). The van der Waals surface area contributed by atoms with Crippen LogP contribution in [0.15, 0.2) is 47.1 Å². The van der Waals surface area contributed by atoms with Gasteiger partial charge in [0.25, 0.3) is 0 Å². The third-order valence-corrected chi connectivity index (χ3v) is 3.22. The number of hydrogen-bond donors (Lipinski definition) is 2. The largest absolute Gasteiger partial charge is 0.506 e. The van der Waals surface area contributed by atoms with Crippen LogP contribution in [0.1, 0.15) is 0 Å². The van der Waals surface area contributed by atoms with Crippen LogP contribution in [0.25, 0.3) is 27.9 Å². The van der Waals surface area contributed by atoms with Crippen LogP contribution in [0.3, 0.4) is 0 Å². The molecule has 6 nitrogen and oxygen atoms in total. The molecule has 0 fully saturated rings. The lowest BCUT2D eigenvalue weighted by Crippen LogP contribution is -2.02. The summed E-state index contributed by atoms with van der Waals surface area (Å²) in [7, 11) is 0. The zero-order valence-corrected chi connectivity index (χ0v) is 10.3. The van der Waals surface area contributed by atoms with Crippen LogP contribution in [0.2, 0.25) is 0 Å². The zero-order valence-electron chi connectivity index (χ0n) is 10.3. The van der Waals surface area contributed by atoms with Gasteiger partial charge in [0.2, 0.25) is 5.95 Å². The quantitative estimate of drug-likeness (QED) is 0.552. The van der Waals surface area contributed by atoms with Crippen molar-refractivity contribution in [3.8, 4) is 17.2 Å². The van der Waals surface area contributed by atoms with Crippen molar-refractivity contribution in [2.45, 2.75) is 0 Å². The Hall–Kier alpha value is -3.02. The van der Waals surface area contributed by atoms with E-state index in [-0.39, 0.29) is 11.7 Å². The molecule has 3 heterocycles. The first-order valence-corrected chi connectivity index (χ1v) is 6.05. The van der Waals surface area contributed by atoms with E-state index in [9.17, 15) is 5.11 Å². The number of phenolic OH excluding ortho intramolecular Hbond substituents is 1. The molecule has 6 heteroatoms. The second kappa shape index (κ2) is 3.74. The molecule has 3 aromatic heterocycles. The van der Waals surface area contributed by atoms with Gasteiger partial charge in [-0.25, -0.2) is 4.98 Å². The van der Waals surface area contributed by atoms with Crippen molar-refractivity contribution in [1.29, 1.82) is 0 Å². The summed E-state index contributed by atoms with van der Waals surface area (Å²) in [5, 5.41) is 15.0. The highest BCUT2D eigenvalue weighted by atomic mass is 16.3. The van der Waals surface area contributed by atoms with Crippen molar-refractivity contribution in [2.24, 2.45) is 0 Å². The number of phenols is 1. The maximum atomic E-state index is 9.88. The lowest BCUT2D eigenvalue weighted by Gasteiger charge is -2.04. The molecule has 0 saturated carbocycles. The van der Waals surface area contributed by atoms with E-state index < -0.39 is 0 Å². The minimum absolute atomic E-state index is 0.0949. The van der Waals surface area contributed by atoms with Crippen molar-refractivity contribution < 1.29 is 9.52 Å². The number of aromatic nitrogens is 3. The second-order valence-electron chi connectivity index (χ2n) is 4.45. The standard InChI is InChI=1S/C14H10N4O2/c15-14-16-13-8(3-1-4-11(13)19)10-7-9(17-18(10)14)12-5-2-6-20-12/h1-7,19H,(H2,15,16). The molecule has 0 aliphatic carbocycles. The van der Waals surface area contributed by atoms with Gasteiger partial charge in [-0.15, -0.1) is 0 Å². The van der Waals surface area contributed by atoms with Crippen LogP contribution in [-0.4, -0.2) is 19.7 Å². The molecule has 0 spiro atoms. The van der Waals surface area contributed by atoms with Crippen molar-refractivity contribution in [3.63, 3.8) is 0 Å². The minimum atomic E-state index is 0.0949. The van der Waals surface area contributed by atoms with Gasteiger partial charge in [-0.2, -0.15) is 9.61 Å². The van der Waals surface area contributed by atoms with Gasteiger partial charge in [-0.1, -0.05) is 12.1 Å². The maximum Gasteiger partial charge on any atom is 0.222 e. The summed E-state index contributed by atoms with van der Waals surface area (Å²) >= 11 is 0. The SMILES string of the molecule is Nc1nc2c(O)cccc2c2cc(-c3ccco3)nn12. The monoisotopic (exact) mass is 266 g/mol. The molecule has 3 N–H and O–H groups in total. The molecule has 0 saturated heterocycles. The Morgan fingerprint density at radius 2 is 2.10 bits per heavy atom. The predicted molar refractivity (Wildman–Crippen MR) is 74.3 cm³/mol. The first kappa shape index (κ1) is 10.9. The zero-order chi connectivity index (χ0) is 13.7. The molecule has 20 heavy (non-hydrogen) atoms. The summed E-state index contributed by atoms with van der Waals surface area (Å²) in [6.45, 7) is 0. The smallest absolute Gasteiger partial charge is 0.222 e. The van der Waals surface area contributed by atoms with Crippen molar-refractivity contribution in [3.05, 3.63) is 42.7 Å². The number of nitrogens with two attached hydrogens (primary N) is 1. The highest BCUT2D eigenvalue weighted by molar-refractivity contribution is 5.98. The number of fused-ring (bicyclic) bond motifs is 3. The van der Waals surface area contributed by atoms with Crippen LogP contribution < -0.4 is 5.73 Å². The molecule has 0 radical (unpaired) electrons. The normalized spacial score (nSPS) is 11.4. The Morgan fingerprint density at radius 1 is 1.20 bits per heavy atom. The van der Waals surface area contributed by atoms with Crippen LogP contribution in [-0.2, 0) is 0 Å². The lowest BCUT2D eigenvalue weighted by molar-refractivity contribution is 0.480. The number of furan rings is 1. The molecule has 98 valence electrons. The van der Waals surface area contributed by atoms with Crippen LogP contribution >= 0.6 is 0 Å². The summed E-state index contributed by atoms with van der Waals surface area (Å²) in [5.41, 5.74) is 7.81. The highest BCUT2D eigenvalue weighted by Crippen LogP contribution is 2.30. The Bertz CT molecular complexity index is 925. The first-order valence-electron chi connectivity index (χ1n) is 6.05. The molecule has 1 aromatic carbocycles. The minimum Gasteiger partial charge on any atom is -0.506 e. The van der Waals surface area contributed by atoms with E-state index in [0.29, 0.717) is 17.0 Å². The highest BCUT2D eigenvalue weighted by Gasteiger charge is 2.14. The van der Waals surface area contributed by atoms with Crippen molar-refractivity contribution >= 4 is 22.4 Å². The fourth-order valence-electron chi connectivity index (χ4n) is 2.31. The number of para-hydroxylation sites is 1. The fourth-order valence-corrected chi connectivity index (χ4v) is 2.31. The van der Waals surface area contributed by atoms with Crippen molar-refractivity contribution in [2.75, 3.05) is 5.73 Å². The van der Waals surface area contributed by atoms with Gasteiger partial charge in [0.05, 0.1) is 11.8 Å². The number of nitrogens with zero attached hydrogens (tertiary/aromatic N) is 3. The molecule has 0 unspecified atom stereocenters. The van der Waals surface area contributed by atoms with E-state index in [0.717, 1.165) is 10.9 Å². The summed E-state index contributed by atoms with van der Waals surface area (Å²) in [4.78, 5) is 4.20. The van der Waals surface area contributed by atoms with Gasteiger partial charge >= 0.3 is 0 Å². The molecule has 0 aliphatic heterocycles. The number of benzene rings is 1. The van der Waals surface area contributed by atoms with E-state index in [1.807, 2.05) is 18.2 Å². The Balaban J connectivity index is 2.13. The summed E-state index contributed by atoms with van der Waals surface area (Å²) in [5.74, 6) is 0.964. The third kappa shape index (κ3) is 1.38. The average molecular weight is 266 g/mol. The molecule has 4 aromatic rings. The molecule has 0 amide bonds. The third-order valence-electron chi connectivity index (χ3n) is 3.22. The summed E-state index contributed by atoms with van der Waals surface area (Å²) < 4.78 is 6.88. The molecule has 0 bridgehead atoms. The topological polar surface area (TPSA) is 89.6 Å². The number of rotatable bonds is 1. The van der Waals surface area contributed by atoms with Gasteiger partial charge in [0, 0.05) is 5.39 Å². The number of aromatic hydroxyl groups is 1. The van der Waals surface area contributed by atoms with E-state index >= 15 is 0 Å². The molecular weight excluding hydrogens is 256 g/mol. The Morgan fingerprint density at radius 3 is 2.90 bits per heavy atom. The summed E-state index contributed by atoms with van der Waals surface area (Å²) in [6, 6.07) is 10.7. The van der Waals surface area contributed by atoms with Gasteiger partial charge in [-0.3, -0.25) is 0 Å². The summed E-state index contributed by atoms with van der Waals surface area (Å²) in [6.07, 6.45) is 1.59. The van der Waals surface area contributed by atoms with Gasteiger partial charge in [-0.05, 0) is 24.3 Å². The maximum absolute atomic E-state index is 9.88. The predicted octanol–water partition coefficient (Wildman–Crippen LogP) is 2.43. The Labute approximate surface area is 113 Å².